The van der Waals surface area contributed by atoms with Crippen molar-refractivity contribution in [3.8, 4) is 6.07 Å². The number of carbonyl (C=O) groups excluding carboxylic acids is 1. The molecule has 1 aliphatic carbocycles. The van der Waals surface area contributed by atoms with Crippen molar-refractivity contribution in [3.63, 3.8) is 0 Å². The molecule has 106 valence electrons. The summed E-state index contributed by atoms with van der Waals surface area (Å²) in [5.74, 6) is -1.96. The zero-order chi connectivity index (χ0) is 15.0. The fourth-order valence-corrected chi connectivity index (χ4v) is 3.02. The third-order valence-electron chi connectivity index (χ3n) is 4.16. The average molecular weight is 277 g/mol. The van der Waals surface area contributed by atoms with E-state index in [1.807, 2.05) is 13.8 Å². The van der Waals surface area contributed by atoms with Crippen molar-refractivity contribution in [1.29, 1.82) is 5.26 Å². The lowest BCUT2D eigenvalue weighted by Gasteiger charge is -2.39. The molecule has 2 rings (SSSR count). The minimum Gasteiger partial charge on any atom is -0.297 e. The number of carbonyl (C=O) groups is 1. The molecule has 20 heavy (non-hydrogen) atoms. The van der Waals surface area contributed by atoms with E-state index in [2.05, 4.69) is 6.07 Å². The molecule has 0 N–H and O–H groups in total. The molecule has 0 spiro atoms. The van der Waals surface area contributed by atoms with Crippen molar-refractivity contribution in [2.75, 3.05) is 0 Å². The highest BCUT2D eigenvalue weighted by Gasteiger charge is 2.48. The summed E-state index contributed by atoms with van der Waals surface area (Å²) in [6.45, 7) is 3.68. The van der Waals surface area contributed by atoms with Crippen molar-refractivity contribution < 1.29 is 13.6 Å². The fourth-order valence-electron chi connectivity index (χ4n) is 3.02. The third kappa shape index (κ3) is 2.45. The first kappa shape index (κ1) is 14.6. The maximum Gasteiger partial charge on any atom is 0.159 e. The van der Waals surface area contributed by atoms with E-state index in [9.17, 15) is 18.8 Å². The van der Waals surface area contributed by atoms with Crippen LogP contribution < -0.4 is 0 Å². The Hall–Kier alpha value is -1.76. The number of ketones is 1. The Morgan fingerprint density at radius 2 is 1.95 bits per heavy atom. The van der Waals surface area contributed by atoms with E-state index in [0.29, 0.717) is 12.0 Å². The second-order valence-corrected chi connectivity index (χ2v) is 6.19. The van der Waals surface area contributed by atoms with Crippen molar-refractivity contribution in [2.45, 2.75) is 39.5 Å². The van der Waals surface area contributed by atoms with Gasteiger partial charge in [0.05, 0.1) is 6.07 Å². The van der Waals surface area contributed by atoms with E-state index < -0.39 is 22.5 Å². The Balaban J connectivity index is 2.35. The predicted octanol–water partition coefficient (Wildman–Crippen LogP) is 3.80. The maximum absolute atomic E-state index is 13.3. The van der Waals surface area contributed by atoms with Gasteiger partial charge in [0.25, 0.3) is 0 Å². The Morgan fingerprint density at radius 3 is 2.55 bits per heavy atom. The predicted molar refractivity (Wildman–Crippen MR) is 70.7 cm³/mol. The summed E-state index contributed by atoms with van der Waals surface area (Å²) in [7, 11) is 0. The number of hydrogen-bond donors (Lipinski definition) is 0. The molecule has 1 aromatic rings. The van der Waals surface area contributed by atoms with Gasteiger partial charge >= 0.3 is 0 Å². The highest BCUT2D eigenvalue weighted by molar-refractivity contribution is 5.93. The third-order valence-corrected chi connectivity index (χ3v) is 4.16. The Labute approximate surface area is 117 Å². The highest BCUT2D eigenvalue weighted by Crippen LogP contribution is 2.44. The van der Waals surface area contributed by atoms with Crippen LogP contribution in [0.1, 0.15) is 38.7 Å². The average Bonchev–Trinajstić information content (AvgIpc) is 2.39. The molecule has 1 atom stereocenters. The molecule has 0 bridgehead atoms. The van der Waals surface area contributed by atoms with Crippen LogP contribution in [-0.2, 0) is 11.2 Å². The van der Waals surface area contributed by atoms with Crippen LogP contribution in [0.3, 0.4) is 0 Å². The minimum absolute atomic E-state index is 0.0940. The number of nitriles is 1. The van der Waals surface area contributed by atoms with Crippen LogP contribution in [0.4, 0.5) is 8.78 Å². The van der Waals surface area contributed by atoms with E-state index in [-0.39, 0.29) is 12.2 Å². The van der Waals surface area contributed by atoms with Gasteiger partial charge in [0.1, 0.15) is 5.41 Å². The minimum atomic E-state index is -1.12. The maximum atomic E-state index is 13.3. The Kier molecular flexibility index (Phi) is 3.64. The quantitative estimate of drug-likeness (QED) is 0.825. The van der Waals surface area contributed by atoms with Gasteiger partial charge in [-0.15, -0.1) is 0 Å². The molecule has 0 amide bonds. The van der Waals surface area contributed by atoms with E-state index in [1.54, 1.807) is 0 Å². The van der Waals surface area contributed by atoms with E-state index in [1.165, 1.54) is 6.07 Å². The Bertz CT molecular complexity index is 589. The van der Waals surface area contributed by atoms with Crippen molar-refractivity contribution in [1.82, 2.24) is 0 Å². The standard InChI is InChI=1S/C16H17F2NO/c1-15(2)6-3-7-16(10-19,14(15)20)9-11-4-5-12(17)13(18)8-11/h4-5,8H,3,6-7,9H2,1-2H3. The molecule has 2 nitrogen and oxygen atoms in total. The molecule has 1 aliphatic rings. The van der Waals surface area contributed by atoms with Gasteiger partial charge in [-0.2, -0.15) is 5.26 Å². The first-order valence-electron chi connectivity index (χ1n) is 6.71. The highest BCUT2D eigenvalue weighted by atomic mass is 19.2. The molecular weight excluding hydrogens is 260 g/mol. The van der Waals surface area contributed by atoms with Crippen LogP contribution in [-0.4, -0.2) is 5.78 Å². The molecule has 4 heteroatoms. The summed E-state index contributed by atoms with van der Waals surface area (Å²) in [4.78, 5) is 12.6. The largest absolute Gasteiger partial charge is 0.297 e. The first-order chi connectivity index (χ1) is 9.31. The molecule has 0 heterocycles. The number of nitrogens with zero attached hydrogens (tertiary/aromatic N) is 1. The van der Waals surface area contributed by atoms with Gasteiger partial charge in [-0.1, -0.05) is 26.3 Å². The fraction of sp³-hybridized carbons (Fsp3) is 0.500. The van der Waals surface area contributed by atoms with Crippen LogP contribution in [0.2, 0.25) is 0 Å². The molecule has 1 aromatic carbocycles. The lowest BCUT2D eigenvalue weighted by Crippen LogP contribution is -2.45. The summed E-state index contributed by atoms with van der Waals surface area (Å²) >= 11 is 0. The van der Waals surface area contributed by atoms with Crippen molar-refractivity contribution in [3.05, 3.63) is 35.4 Å². The monoisotopic (exact) mass is 277 g/mol. The molecule has 0 radical (unpaired) electrons. The van der Waals surface area contributed by atoms with Crippen molar-refractivity contribution >= 4 is 5.78 Å². The van der Waals surface area contributed by atoms with E-state index in [4.69, 9.17) is 0 Å². The Morgan fingerprint density at radius 1 is 1.25 bits per heavy atom. The van der Waals surface area contributed by atoms with Crippen LogP contribution in [0.5, 0.6) is 0 Å². The summed E-state index contributed by atoms with van der Waals surface area (Å²) in [5, 5.41) is 9.49. The zero-order valence-electron chi connectivity index (χ0n) is 11.7. The van der Waals surface area contributed by atoms with Gasteiger partial charge in [0.2, 0.25) is 0 Å². The summed E-state index contributed by atoms with van der Waals surface area (Å²) in [6, 6.07) is 5.69. The number of halogens is 2. The van der Waals surface area contributed by atoms with E-state index in [0.717, 1.165) is 25.0 Å². The van der Waals surface area contributed by atoms with Gasteiger partial charge in [0.15, 0.2) is 17.4 Å². The molecule has 1 unspecified atom stereocenters. The lowest BCUT2D eigenvalue weighted by molar-refractivity contribution is -0.138. The van der Waals surface area contributed by atoms with Gasteiger partial charge < -0.3 is 0 Å². The van der Waals surface area contributed by atoms with Crippen LogP contribution in [0.25, 0.3) is 0 Å². The summed E-state index contributed by atoms with van der Waals surface area (Å²) in [6.07, 6.45) is 2.16. The number of rotatable bonds is 2. The van der Waals surface area contributed by atoms with Gasteiger partial charge in [0, 0.05) is 5.41 Å². The number of Topliss-reactive ketones (excluding diaryl/α,β-unsaturated/α-hetero) is 1. The number of benzene rings is 1. The van der Waals surface area contributed by atoms with Crippen molar-refractivity contribution in [2.24, 2.45) is 10.8 Å². The normalized spacial score (nSPS) is 25.2. The van der Waals surface area contributed by atoms with Gasteiger partial charge in [-0.25, -0.2) is 8.78 Å². The second kappa shape index (κ2) is 4.97. The summed E-state index contributed by atoms with van der Waals surface area (Å²) in [5.41, 5.74) is -1.17. The van der Waals surface area contributed by atoms with Crippen LogP contribution >= 0.6 is 0 Å². The van der Waals surface area contributed by atoms with Gasteiger partial charge in [-0.05, 0) is 37.0 Å². The topological polar surface area (TPSA) is 40.9 Å². The summed E-state index contributed by atoms with van der Waals surface area (Å²) < 4.78 is 26.2. The van der Waals surface area contributed by atoms with Gasteiger partial charge in [-0.3, -0.25) is 4.79 Å². The van der Waals surface area contributed by atoms with E-state index >= 15 is 0 Å². The molecule has 0 aromatic heterocycles. The smallest absolute Gasteiger partial charge is 0.159 e. The molecule has 1 fully saturated rings. The SMILES string of the molecule is CC1(C)CCCC(C#N)(Cc2ccc(F)c(F)c2)C1=O. The number of hydrogen-bond acceptors (Lipinski definition) is 2. The van der Waals surface area contributed by atoms with Crippen LogP contribution in [0, 0.1) is 33.8 Å². The molecular formula is C16H17F2NO. The lowest BCUT2D eigenvalue weighted by atomic mass is 9.61. The van der Waals surface area contributed by atoms with Crippen LogP contribution in [0.15, 0.2) is 18.2 Å². The molecule has 0 saturated heterocycles. The zero-order valence-corrected chi connectivity index (χ0v) is 11.7. The first-order valence-corrected chi connectivity index (χ1v) is 6.71. The second-order valence-electron chi connectivity index (χ2n) is 6.19. The molecule has 1 saturated carbocycles. The molecule has 0 aliphatic heterocycles.